The Labute approximate surface area is 146 Å². The van der Waals surface area contributed by atoms with Crippen LogP contribution in [0, 0.1) is 0 Å². The van der Waals surface area contributed by atoms with Crippen molar-refractivity contribution in [2.24, 2.45) is 5.73 Å². The molecule has 0 atom stereocenters. The molecule has 0 amide bonds. The van der Waals surface area contributed by atoms with Crippen LogP contribution >= 0.6 is 0 Å². The van der Waals surface area contributed by atoms with E-state index in [0.717, 1.165) is 43.1 Å². The predicted octanol–water partition coefficient (Wildman–Crippen LogP) is 2.32. The fourth-order valence-electron chi connectivity index (χ4n) is 2.90. The van der Waals surface area contributed by atoms with Crippen LogP contribution in [0.1, 0.15) is 31.2 Å². The predicted molar refractivity (Wildman–Crippen MR) is 95.8 cm³/mol. The maximum absolute atomic E-state index is 10.6. The monoisotopic (exact) mass is 339 g/mol. The van der Waals surface area contributed by atoms with Crippen LogP contribution in [0.2, 0.25) is 0 Å². The van der Waals surface area contributed by atoms with E-state index in [-0.39, 0.29) is 0 Å². The van der Waals surface area contributed by atoms with E-state index >= 15 is 0 Å². The van der Waals surface area contributed by atoms with E-state index in [9.17, 15) is 4.79 Å². The molecule has 0 saturated heterocycles. The van der Waals surface area contributed by atoms with Crippen LogP contribution in [0.3, 0.4) is 0 Å². The number of nitrogens with zero attached hydrogens (tertiary/aromatic N) is 3. The average molecular weight is 339 g/mol. The number of rotatable bonds is 5. The van der Waals surface area contributed by atoms with Crippen molar-refractivity contribution in [2.45, 2.75) is 37.8 Å². The van der Waals surface area contributed by atoms with Gasteiger partial charge in [0.05, 0.1) is 18.1 Å². The minimum Gasteiger partial charge on any atom is -0.478 e. The highest BCUT2D eigenvalue weighted by Crippen LogP contribution is 2.22. The summed E-state index contributed by atoms with van der Waals surface area (Å²) in [6.07, 6.45) is 13.4. The number of carboxylic acids is 1. The first kappa shape index (κ1) is 17.0. The van der Waals surface area contributed by atoms with Gasteiger partial charge in [0, 0.05) is 36.1 Å². The Morgan fingerprint density at radius 2 is 1.92 bits per heavy atom. The third kappa shape index (κ3) is 4.84. The molecule has 7 heteroatoms. The number of carboxylic acid groups (broad SMARTS) is 1. The Balaban J connectivity index is 1.75. The van der Waals surface area contributed by atoms with Gasteiger partial charge in [-0.1, -0.05) is 0 Å². The lowest BCUT2D eigenvalue weighted by molar-refractivity contribution is -0.131. The van der Waals surface area contributed by atoms with Crippen LogP contribution in [0.15, 0.2) is 36.9 Å². The summed E-state index contributed by atoms with van der Waals surface area (Å²) in [5, 5.41) is 12.1. The Morgan fingerprint density at radius 1 is 1.16 bits per heavy atom. The van der Waals surface area contributed by atoms with E-state index in [1.54, 1.807) is 24.8 Å². The van der Waals surface area contributed by atoms with E-state index in [2.05, 4.69) is 20.3 Å². The molecule has 1 aliphatic carbocycles. The van der Waals surface area contributed by atoms with Crippen LogP contribution < -0.4 is 11.1 Å². The number of hydrogen-bond donors (Lipinski definition) is 3. The number of nitrogens with one attached hydrogen (secondary N) is 1. The van der Waals surface area contributed by atoms with Gasteiger partial charge in [0.2, 0.25) is 0 Å². The molecule has 0 spiro atoms. The average Bonchev–Trinajstić information content (AvgIpc) is 2.62. The number of hydrogen-bond acceptors (Lipinski definition) is 6. The van der Waals surface area contributed by atoms with Crippen LogP contribution in [0.4, 0.5) is 5.82 Å². The molecule has 0 bridgehead atoms. The van der Waals surface area contributed by atoms with Crippen molar-refractivity contribution in [3.05, 3.63) is 42.5 Å². The van der Waals surface area contributed by atoms with Crippen LogP contribution in [0.25, 0.3) is 17.3 Å². The normalized spacial score (nSPS) is 20.5. The van der Waals surface area contributed by atoms with Gasteiger partial charge in [0.15, 0.2) is 0 Å². The van der Waals surface area contributed by atoms with Crippen LogP contribution in [-0.2, 0) is 4.79 Å². The number of aromatic nitrogens is 3. The summed E-state index contributed by atoms with van der Waals surface area (Å²) in [7, 11) is 0. The number of anilines is 1. The van der Waals surface area contributed by atoms with Crippen molar-refractivity contribution < 1.29 is 9.90 Å². The van der Waals surface area contributed by atoms with Crippen molar-refractivity contribution in [3.8, 4) is 11.3 Å². The van der Waals surface area contributed by atoms with E-state index in [1.165, 1.54) is 6.08 Å². The van der Waals surface area contributed by atoms with Gasteiger partial charge in [-0.15, -0.1) is 0 Å². The number of pyridine rings is 1. The van der Waals surface area contributed by atoms with E-state index in [1.807, 2.05) is 6.07 Å². The molecule has 3 rings (SSSR count). The molecule has 2 aromatic rings. The number of aliphatic carboxylic acids is 1. The lowest BCUT2D eigenvalue weighted by atomic mass is 9.92. The molecule has 2 aromatic heterocycles. The highest BCUT2D eigenvalue weighted by molar-refractivity contribution is 5.85. The topological polar surface area (TPSA) is 114 Å². The zero-order valence-electron chi connectivity index (χ0n) is 13.8. The fraction of sp³-hybridized carbons (Fsp3) is 0.333. The zero-order valence-corrected chi connectivity index (χ0v) is 13.8. The lowest BCUT2D eigenvalue weighted by Gasteiger charge is -2.27. The fourth-order valence-corrected chi connectivity index (χ4v) is 2.90. The molecule has 2 heterocycles. The summed E-state index contributed by atoms with van der Waals surface area (Å²) >= 11 is 0. The molecular formula is C18H21N5O2. The molecule has 130 valence electrons. The molecule has 25 heavy (non-hydrogen) atoms. The standard InChI is InChI=1S/C18H21N5O2/c19-14-2-4-15(5-3-14)22-17-11-21-10-16(23-17)13-7-12(8-20-9-13)1-6-18(24)25/h1,6-11,14-15H,2-5,19H2,(H,22,23)(H,24,25)/b6-1+/t14-,15+. The summed E-state index contributed by atoms with van der Waals surface area (Å²) in [4.78, 5) is 23.6. The van der Waals surface area contributed by atoms with Crippen LogP contribution in [0.5, 0.6) is 0 Å². The van der Waals surface area contributed by atoms with Gasteiger partial charge in [-0.25, -0.2) is 9.78 Å². The van der Waals surface area contributed by atoms with E-state index < -0.39 is 5.97 Å². The Hall–Kier alpha value is -2.80. The van der Waals surface area contributed by atoms with Gasteiger partial charge in [-0.05, 0) is 43.4 Å². The van der Waals surface area contributed by atoms with Crippen molar-refractivity contribution in [1.29, 1.82) is 0 Å². The summed E-state index contributed by atoms with van der Waals surface area (Å²) in [5.41, 5.74) is 8.12. The van der Waals surface area contributed by atoms with E-state index in [0.29, 0.717) is 23.3 Å². The first-order valence-corrected chi connectivity index (χ1v) is 8.31. The van der Waals surface area contributed by atoms with Gasteiger partial charge in [-0.2, -0.15) is 0 Å². The van der Waals surface area contributed by atoms with Crippen molar-refractivity contribution >= 4 is 17.9 Å². The van der Waals surface area contributed by atoms with Gasteiger partial charge in [0.25, 0.3) is 0 Å². The SMILES string of the molecule is N[C@H]1CC[C@@H](Nc2cncc(-c3cncc(/C=C/C(=O)O)c3)n2)CC1. The maximum Gasteiger partial charge on any atom is 0.328 e. The second kappa shape index (κ2) is 7.85. The van der Waals surface area contributed by atoms with Gasteiger partial charge >= 0.3 is 5.97 Å². The van der Waals surface area contributed by atoms with Gasteiger partial charge in [-0.3, -0.25) is 9.97 Å². The maximum atomic E-state index is 10.6. The minimum atomic E-state index is -0.997. The lowest BCUT2D eigenvalue weighted by Crippen LogP contribution is -2.33. The molecular weight excluding hydrogens is 318 g/mol. The molecule has 1 aliphatic rings. The van der Waals surface area contributed by atoms with Gasteiger partial charge < -0.3 is 16.2 Å². The Morgan fingerprint density at radius 3 is 2.68 bits per heavy atom. The third-order valence-corrected chi connectivity index (χ3v) is 4.23. The number of carbonyl (C=O) groups is 1. The molecule has 4 N–H and O–H groups in total. The molecule has 0 unspecified atom stereocenters. The molecule has 1 fully saturated rings. The van der Waals surface area contributed by atoms with Crippen molar-refractivity contribution in [2.75, 3.05) is 5.32 Å². The Kier molecular flexibility index (Phi) is 5.35. The summed E-state index contributed by atoms with van der Waals surface area (Å²) in [5.74, 6) is -0.270. The first-order chi connectivity index (χ1) is 12.1. The van der Waals surface area contributed by atoms with Crippen molar-refractivity contribution in [3.63, 3.8) is 0 Å². The smallest absolute Gasteiger partial charge is 0.328 e. The summed E-state index contributed by atoms with van der Waals surface area (Å²) in [6.45, 7) is 0. The molecule has 0 aliphatic heterocycles. The largest absolute Gasteiger partial charge is 0.478 e. The third-order valence-electron chi connectivity index (χ3n) is 4.23. The quantitative estimate of drug-likeness (QED) is 0.716. The first-order valence-electron chi connectivity index (χ1n) is 8.31. The molecule has 7 nitrogen and oxygen atoms in total. The molecule has 0 aromatic carbocycles. The second-order valence-electron chi connectivity index (χ2n) is 6.22. The van der Waals surface area contributed by atoms with Crippen molar-refractivity contribution in [1.82, 2.24) is 15.0 Å². The Bertz CT molecular complexity index is 770. The minimum absolute atomic E-state index is 0.308. The zero-order chi connectivity index (χ0) is 17.6. The highest BCUT2D eigenvalue weighted by Gasteiger charge is 2.18. The van der Waals surface area contributed by atoms with Gasteiger partial charge in [0.1, 0.15) is 5.82 Å². The molecule has 0 radical (unpaired) electrons. The van der Waals surface area contributed by atoms with E-state index in [4.69, 9.17) is 10.8 Å². The second-order valence-corrected chi connectivity index (χ2v) is 6.22. The summed E-state index contributed by atoms with van der Waals surface area (Å²) < 4.78 is 0. The summed E-state index contributed by atoms with van der Waals surface area (Å²) in [6, 6.07) is 2.51. The highest BCUT2D eigenvalue weighted by atomic mass is 16.4. The molecule has 1 saturated carbocycles. The number of nitrogens with two attached hydrogens (primary N) is 1. The van der Waals surface area contributed by atoms with Crippen LogP contribution in [-0.4, -0.2) is 38.1 Å².